The van der Waals surface area contributed by atoms with Crippen LogP contribution in [0.3, 0.4) is 0 Å². The largest absolute Gasteiger partial charge is 0.307 e. The maximum absolute atomic E-state index is 3.99. The molecule has 0 radical (unpaired) electrons. The van der Waals surface area contributed by atoms with E-state index < -0.39 is 0 Å². The normalized spacial score (nSPS) is 20.0. The van der Waals surface area contributed by atoms with Crippen molar-refractivity contribution in [3.63, 3.8) is 0 Å². The molecule has 1 fully saturated rings. The fourth-order valence-corrected chi connectivity index (χ4v) is 3.64. The van der Waals surface area contributed by atoms with Gasteiger partial charge < -0.3 is 5.32 Å². The van der Waals surface area contributed by atoms with Crippen LogP contribution in [0.15, 0.2) is 30.3 Å². The molecule has 0 saturated heterocycles. The first kappa shape index (κ1) is 15.6. The van der Waals surface area contributed by atoms with Crippen LogP contribution in [0.2, 0.25) is 0 Å². The van der Waals surface area contributed by atoms with E-state index in [0.29, 0.717) is 18.0 Å². The zero-order valence-corrected chi connectivity index (χ0v) is 13.4. The van der Waals surface area contributed by atoms with Gasteiger partial charge in [-0.15, -0.1) is 0 Å². The van der Waals surface area contributed by atoms with Crippen LogP contribution in [0, 0.1) is 11.8 Å². The van der Waals surface area contributed by atoms with Gasteiger partial charge in [-0.1, -0.05) is 70.4 Å². The summed E-state index contributed by atoms with van der Waals surface area (Å²) in [5.41, 5.74) is 1.48. The Kier molecular flexibility index (Phi) is 6.09. The number of benzene rings is 1. The summed E-state index contributed by atoms with van der Waals surface area (Å²) in [4.78, 5) is 0. The van der Waals surface area contributed by atoms with Crippen LogP contribution < -0.4 is 5.32 Å². The summed E-state index contributed by atoms with van der Waals surface area (Å²) < 4.78 is 0. The molecule has 0 aliphatic heterocycles. The molecule has 0 aromatic heterocycles. The molecular weight excluding hydrogens is 242 g/mol. The first-order valence-electron chi connectivity index (χ1n) is 8.53. The van der Waals surface area contributed by atoms with Crippen molar-refractivity contribution in [2.24, 2.45) is 11.8 Å². The minimum atomic E-state index is 0.545. The summed E-state index contributed by atoms with van der Waals surface area (Å²) in [5.74, 6) is 1.52. The van der Waals surface area contributed by atoms with Crippen LogP contribution >= 0.6 is 0 Å². The third kappa shape index (κ3) is 4.09. The van der Waals surface area contributed by atoms with Crippen LogP contribution in [0.25, 0.3) is 0 Å². The van der Waals surface area contributed by atoms with E-state index in [-0.39, 0.29) is 0 Å². The van der Waals surface area contributed by atoms with Crippen LogP contribution in [-0.2, 0) is 0 Å². The van der Waals surface area contributed by atoms with E-state index in [0.717, 1.165) is 5.92 Å². The summed E-state index contributed by atoms with van der Waals surface area (Å²) in [6, 6.07) is 12.3. The summed E-state index contributed by atoms with van der Waals surface area (Å²) in [5, 5.41) is 3.99. The topological polar surface area (TPSA) is 12.0 Å². The van der Waals surface area contributed by atoms with Crippen LogP contribution in [0.4, 0.5) is 0 Å². The Morgan fingerprint density at radius 1 is 1.05 bits per heavy atom. The molecule has 0 spiro atoms. The number of hydrogen-bond acceptors (Lipinski definition) is 1. The average Bonchev–Trinajstić information content (AvgIpc) is 2.50. The van der Waals surface area contributed by atoms with Crippen LogP contribution in [0.1, 0.15) is 70.9 Å². The molecule has 2 rings (SSSR count). The van der Waals surface area contributed by atoms with E-state index in [2.05, 4.69) is 56.4 Å². The fourth-order valence-electron chi connectivity index (χ4n) is 3.64. The smallest absolute Gasteiger partial charge is 0.0351 e. The molecule has 1 saturated carbocycles. The highest BCUT2D eigenvalue weighted by Gasteiger charge is 2.27. The molecule has 2 atom stereocenters. The molecule has 0 bridgehead atoms. The lowest BCUT2D eigenvalue weighted by molar-refractivity contribution is 0.232. The van der Waals surface area contributed by atoms with Crippen molar-refractivity contribution in [1.82, 2.24) is 5.32 Å². The summed E-state index contributed by atoms with van der Waals surface area (Å²) in [6.45, 7) is 6.98. The second-order valence-electron chi connectivity index (χ2n) is 6.71. The number of hydrogen-bond donors (Lipinski definition) is 1. The van der Waals surface area contributed by atoms with Crippen molar-refractivity contribution in [1.29, 1.82) is 0 Å². The highest BCUT2D eigenvalue weighted by molar-refractivity contribution is 5.20. The maximum Gasteiger partial charge on any atom is 0.0351 e. The monoisotopic (exact) mass is 273 g/mol. The standard InChI is InChI=1S/C19H31N/c1-4-18(15(2)3)20-19(16-11-7-5-8-12-16)17-13-9-6-10-14-17/h5,7-8,11-12,15,17-20H,4,6,9-10,13-14H2,1-3H3. The Hall–Kier alpha value is -0.820. The van der Waals surface area contributed by atoms with Crippen LogP contribution in [-0.4, -0.2) is 6.04 Å². The zero-order valence-electron chi connectivity index (χ0n) is 13.4. The Labute approximate surface area is 125 Å². The molecule has 1 nitrogen and oxygen atoms in total. The third-order valence-corrected chi connectivity index (χ3v) is 4.92. The molecule has 2 unspecified atom stereocenters. The number of nitrogens with one attached hydrogen (secondary N) is 1. The summed E-state index contributed by atoms with van der Waals surface area (Å²) >= 11 is 0. The van der Waals surface area contributed by atoms with Gasteiger partial charge in [0.1, 0.15) is 0 Å². The van der Waals surface area contributed by atoms with Gasteiger partial charge in [0.15, 0.2) is 0 Å². The Morgan fingerprint density at radius 2 is 1.70 bits per heavy atom. The molecule has 1 aromatic carbocycles. The molecule has 0 amide bonds. The lowest BCUT2D eigenvalue weighted by Crippen LogP contribution is -2.40. The van der Waals surface area contributed by atoms with Crippen molar-refractivity contribution in [3.8, 4) is 0 Å². The molecule has 1 N–H and O–H groups in total. The number of rotatable bonds is 6. The minimum Gasteiger partial charge on any atom is -0.307 e. The molecule has 112 valence electrons. The van der Waals surface area contributed by atoms with Crippen molar-refractivity contribution >= 4 is 0 Å². The van der Waals surface area contributed by atoms with Gasteiger partial charge in [0, 0.05) is 12.1 Å². The molecule has 1 heteroatoms. The van der Waals surface area contributed by atoms with Crippen LogP contribution in [0.5, 0.6) is 0 Å². The van der Waals surface area contributed by atoms with Crippen molar-refractivity contribution in [2.45, 2.75) is 71.4 Å². The van der Waals surface area contributed by atoms with E-state index in [9.17, 15) is 0 Å². The van der Waals surface area contributed by atoms with E-state index >= 15 is 0 Å². The molecule has 20 heavy (non-hydrogen) atoms. The van der Waals surface area contributed by atoms with Crippen molar-refractivity contribution in [2.75, 3.05) is 0 Å². The van der Waals surface area contributed by atoms with Gasteiger partial charge in [0.25, 0.3) is 0 Å². The van der Waals surface area contributed by atoms with Gasteiger partial charge in [0.2, 0.25) is 0 Å². The summed E-state index contributed by atoms with van der Waals surface area (Å²) in [7, 11) is 0. The molecular formula is C19H31N. The first-order chi connectivity index (χ1) is 9.72. The second-order valence-corrected chi connectivity index (χ2v) is 6.71. The first-order valence-corrected chi connectivity index (χ1v) is 8.53. The molecule has 1 aliphatic rings. The minimum absolute atomic E-state index is 0.545. The average molecular weight is 273 g/mol. The maximum atomic E-state index is 3.99. The van der Waals surface area contributed by atoms with Gasteiger partial charge in [-0.25, -0.2) is 0 Å². The van der Waals surface area contributed by atoms with E-state index in [1.165, 1.54) is 44.1 Å². The predicted octanol–water partition coefficient (Wildman–Crippen LogP) is 5.33. The molecule has 1 aromatic rings. The summed E-state index contributed by atoms with van der Waals surface area (Å²) in [6.07, 6.45) is 8.25. The van der Waals surface area contributed by atoms with Gasteiger partial charge in [-0.05, 0) is 36.7 Å². The zero-order chi connectivity index (χ0) is 14.4. The lowest BCUT2D eigenvalue weighted by Gasteiger charge is -2.35. The molecule has 1 aliphatic carbocycles. The highest BCUT2D eigenvalue weighted by Crippen LogP contribution is 2.35. The molecule has 0 heterocycles. The third-order valence-electron chi connectivity index (χ3n) is 4.92. The Bertz CT molecular complexity index is 365. The van der Waals surface area contributed by atoms with E-state index in [1.54, 1.807) is 0 Å². The predicted molar refractivity (Wildman–Crippen MR) is 87.8 cm³/mol. The van der Waals surface area contributed by atoms with Crippen molar-refractivity contribution in [3.05, 3.63) is 35.9 Å². The van der Waals surface area contributed by atoms with Gasteiger partial charge >= 0.3 is 0 Å². The second kappa shape index (κ2) is 7.83. The van der Waals surface area contributed by atoms with E-state index in [1.807, 2.05) is 0 Å². The van der Waals surface area contributed by atoms with Gasteiger partial charge in [0.05, 0.1) is 0 Å². The highest BCUT2D eigenvalue weighted by atomic mass is 15.0. The SMILES string of the molecule is CCC(NC(c1ccccc1)C1CCCCC1)C(C)C. The van der Waals surface area contributed by atoms with Crippen molar-refractivity contribution < 1.29 is 0 Å². The quantitative estimate of drug-likeness (QED) is 0.738. The lowest BCUT2D eigenvalue weighted by atomic mass is 9.80. The fraction of sp³-hybridized carbons (Fsp3) is 0.684. The van der Waals surface area contributed by atoms with Gasteiger partial charge in [-0.3, -0.25) is 0 Å². The Morgan fingerprint density at radius 3 is 2.25 bits per heavy atom. The van der Waals surface area contributed by atoms with E-state index in [4.69, 9.17) is 0 Å². The Balaban J connectivity index is 2.15. The van der Waals surface area contributed by atoms with Gasteiger partial charge in [-0.2, -0.15) is 0 Å².